The van der Waals surface area contributed by atoms with Crippen LogP contribution in [0.5, 0.6) is 0 Å². The van der Waals surface area contributed by atoms with Crippen LogP contribution in [0, 0.1) is 6.92 Å². The van der Waals surface area contributed by atoms with Crippen molar-refractivity contribution >= 4 is 45.2 Å². The zero-order chi connectivity index (χ0) is 22.8. The molecule has 11 heteroatoms. The largest absolute Gasteiger partial charge is 0.301 e. The van der Waals surface area contributed by atoms with Crippen LogP contribution in [0.25, 0.3) is 27.3 Å². The number of amides is 1. The van der Waals surface area contributed by atoms with Crippen LogP contribution in [-0.2, 0) is 4.79 Å². The molecule has 0 saturated heterocycles. The highest BCUT2D eigenvalue weighted by atomic mass is 32.2. The van der Waals surface area contributed by atoms with E-state index in [0.29, 0.717) is 21.3 Å². The van der Waals surface area contributed by atoms with Crippen LogP contribution in [0.4, 0.5) is 5.13 Å². The molecule has 5 rings (SSSR count). The number of nitrogens with zero attached hydrogens (tertiary/aromatic N) is 5. The molecule has 0 unspecified atom stereocenters. The normalized spacial score (nSPS) is 11.1. The number of hydrogen-bond acceptors (Lipinski definition) is 8. The summed E-state index contributed by atoms with van der Waals surface area (Å²) in [6.07, 6.45) is 1.48. The summed E-state index contributed by atoms with van der Waals surface area (Å²) in [6, 6.07) is 17.4. The molecule has 0 radical (unpaired) electrons. The molecule has 2 aromatic carbocycles. The van der Waals surface area contributed by atoms with Gasteiger partial charge < -0.3 is 4.98 Å². The van der Waals surface area contributed by atoms with E-state index in [1.54, 1.807) is 4.68 Å². The predicted molar refractivity (Wildman–Crippen MR) is 129 cm³/mol. The first kappa shape index (κ1) is 21.0. The van der Waals surface area contributed by atoms with Crippen LogP contribution in [0.3, 0.4) is 0 Å². The van der Waals surface area contributed by atoms with E-state index in [-0.39, 0.29) is 17.2 Å². The van der Waals surface area contributed by atoms with Gasteiger partial charge in [0.05, 0.1) is 17.6 Å². The minimum absolute atomic E-state index is 0.0490. The minimum Gasteiger partial charge on any atom is -0.301 e. The van der Waals surface area contributed by atoms with Crippen LogP contribution in [0.15, 0.2) is 70.7 Å². The van der Waals surface area contributed by atoms with E-state index >= 15 is 0 Å². The molecular formula is C22H17N7O2S2. The molecule has 0 aliphatic heterocycles. The number of rotatable bonds is 6. The van der Waals surface area contributed by atoms with Gasteiger partial charge in [-0.15, -0.1) is 10.2 Å². The first-order chi connectivity index (χ1) is 16.1. The van der Waals surface area contributed by atoms with E-state index in [1.807, 2.05) is 61.5 Å². The number of aryl methyl sites for hydroxylation is 1. The summed E-state index contributed by atoms with van der Waals surface area (Å²) in [4.78, 5) is 32.1. The number of thioether (sulfide) groups is 1. The van der Waals surface area contributed by atoms with Crippen molar-refractivity contribution in [1.29, 1.82) is 0 Å². The molecule has 33 heavy (non-hydrogen) atoms. The maximum absolute atomic E-state index is 12.5. The standard InChI is InChI=1S/C22H17N7O2S2/c1-13-7-9-14(10-8-13)20-27-28-22(33-20)24-17(30)12-32-21-25-18-16(19(31)26-21)11-23-29(18)15-5-3-2-4-6-15/h2-11H,12H2,1H3,(H,24,28,30)(H,25,26,31). The first-order valence-corrected chi connectivity index (χ1v) is 11.7. The molecule has 5 aromatic rings. The Morgan fingerprint density at radius 3 is 2.70 bits per heavy atom. The molecule has 1 amide bonds. The summed E-state index contributed by atoms with van der Waals surface area (Å²) < 4.78 is 1.60. The topological polar surface area (TPSA) is 118 Å². The van der Waals surface area contributed by atoms with Gasteiger partial charge in [-0.3, -0.25) is 14.9 Å². The second-order valence-corrected chi connectivity index (χ2v) is 9.06. The van der Waals surface area contributed by atoms with Gasteiger partial charge >= 0.3 is 0 Å². The summed E-state index contributed by atoms with van der Waals surface area (Å²) in [7, 11) is 0. The maximum Gasteiger partial charge on any atom is 0.262 e. The number of benzene rings is 2. The second kappa shape index (κ2) is 8.96. The lowest BCUT2D eigenvalue weighted by atomic mass is 10.2. The van der Waals surface area contributed by atoms with Gasteiger partial charge in [0.1, 0.15) is 10.4 Å². The van der Waals surface area contributed by atoms with E-state index in [9.17, 15) is 9.59 Å². The van der Waals surface area contributed by atoms with Crippen molar-refractivity contribution in [3.05, 3.63) is 76.7 Å². The second-order valence-electron chi connectivity index (χ2n) is 7.12. The number of aromatic nitrogens is 6. The molecule has 0 spiro atoms. The lowest BCUT2D eigenvalue weighted by Gasteiger charge is -2.04. The van der Waals surface area contributed by atoms with Crippen LogP contribution in [0.2, 0.25) is 0 Å². The average molecular weight is 476 g/mol. The van der Waals surface area contributed by atoms with Crippen LogP contribution in [0.1, 0.15) is 5.56 Å². The van der Waals surface area contributed by atoms with Gasteiger partial charge in [-0.2, -0.15) is 5.10 Å². The Morgan fingerprint density at radius 2 is 1.91 bits per heavy atom. The molecule has 2 N–H and O–H groups in total. The Balaban J connectivity index is 1.28. The van der Waals surface area contributed by atoms with Gasteiger partial charge in [-0.1, -0.05) is 71.1 Å². The quantitative estimate of drug-likeness (QED) is 0.284. The fourth-order valence-corrected chi connectivity index (χ4v) is 4.52. The Hall–Kier alpha value is -3.83. The number of carbonyl (C=O) groups is 1. The number of hydrogen-bond donors (Lipinski definition) is 2. The zero-order valence-corrected chi connectivity index (χ0v) is 19.0. The van der Waals surface area contributed by atoms with Crippen LogP contribution in [-0.4, -0.2) is 41.6 Å². The average Bonchev–Trinajstić information content (AvgIpc) is 3.46. The lowest BCUT2D eigenvalue weighted by molar-refractivity contribution is -0.113. The summed E-state index contributed by atoms with van der Waals surface area (Å²) in [5.74, 6) is -0.223. The van der Waals surface area contributed by atoms with E-state index in [2.05, 4.69) is 30.6 Å². The smallest absolute Gasteiger partial charge is 0.262 e. The molecule has 0 aliphatic carbocycles. The SMILES string of the molecule is Cc1ccc(-c2nnc(NC(=O)CSc3nc4c(cnn4-c4ccccc4)c(=O)[nH]3)s2)cc1. The summed E-state index contributed by atoms with van der Waals surface area (Å²) >= 11 is 2.42. The summed E-state index contributed by atoms with van der Waals surface area (Å²) in [5, 5.41) is 17.1. The van der Waals surface area contributed by atoms with Gasteiger partial charge in [-0.25, -0.2) is 9.67 Å². The van der Waals surface area contributed by atoms with Crippen LogP contribution >= 0.6 is 23.1 Å². The van der Waals surface area contributed by atoms with Gasteiger partial charge in [0, 0.05) is 5.56 Å². The number of H-pyrrole nitrogens is 1. The molecule has 0 atom stereocenters. The number of carbonyl (C=O) groups excluding carboxylic acids is 1. The molecule has 9 nitrogen and oxygen atoms in total. The maximum atomic E-state index is 12.5. The van der Waals surface area contributed by atoms with E-state index in [0.717, 1.165) is 33.6 Å². The van der Waals surface area contributed by atoms with E-state index in [1.165, 1.54) is 17.5 Å². The lowest BCUT2D eigenvalue weighted by Crippen LogP contribution is -2.15. The van der Waals surface area contributed by atoms with Crippen molar-refractivity contribution in [2.45, 2.75) is 12.1 Å². The third-order valence-corrected chi connectivity index (χ3v) is 6.49. The highest BCUT2D eigenvalue weighted by molar-refractivity contribution is 7.99. The van der Waals surface area contributed by atoms with Crippen molar-refractivity contribution < 1.29 is 4.79 Å². The van der Waals surface area contributed by atoms with Crippen molar-refractivity contribution in [3.63, 3.8) is 0 Å². The monoisotopic (exact) mass is 475 g/mol. The minimum atomic E-state index is -0.308. The van der Waals surface area contributed by atoms with Gasteiger partial charge in [0.2, 0.25) is 11.0 Å². The molecule has 0 saturated carbocycles. The predicted octanol–water partition coefficient (Wildman–Crippen LogP) is 3.67. The third kappa shape index (κ3) is 4.54. The van der Waals surface area contributed by atoms with E-state index < -0.39 is 0 Å². The van der Waals surface area contributed by atoms with Gasteiger partial charge in [-0.05, 0) is 19.1 Å². The molecule has 164 valence electrons. The Kier molecular flexibility index (Phi) is 5.71. The fourth-order valence-electron chi connectivity index (χ4n) is 3.10. The number of aromatic amines is 1. The third-order valence-electron chi connectivity index (χ3n) is 4.73. The summed E-state index contributed by atoms with van der Waals surface area (Å²) in [5.41, 5.74) is 3.01. The van der Waals surface area contributed by atoms with Crippen molar-refractivity contribution in [3.8, 4) is 16.3 Å². The molecule has 3 aromatic heterocycles. The van der Waals surface area contributed by atoms with Gasteiger partial charge in [0.15, 0.2) is 10.8 Å². The highest BCUT2D eigenvalue weighted by Crippen LogP contribution is 2.26. The fraction of sp³-hybridized carbons (Fsp3) is 0.0909. The summed E-state index contributed by atoms with van der Waals surface area (Å²) in [6.45, 7) is 2.02. The number of para-hydroxylation sites is 1. The molecular weight excluding hydrogens is 458 g/mol. The van der Waals surface area contributed by atoms with Crippen LogP contribution < -0.4 is 10.9 Å². The van der Waals surface area contributed by atoms with Crippen molar-refractivity contribution in [1.82, 2.24) is 29.9 Å². The Labute approximate surface area is 195 Å². The molecule has 0 fully saturated rings. The molecule has 3 heterocycles. The number of fused-ring (bicyclic) bond motifs is 1. The highest BCUT2D eigenvalue weighted by Gasteiger charge is 2.14. The van der Waals surface area contributed by atoms with Crippen molar-refractivity contribution in [2.24, 2.45) is 0 Å². The van der Waals surface area contributed by atoms with Gasteiger partial charge in [0.25, 0.3) is 5.56 Å². The number of anilines is 1. The number of nitrogens with one attached hydrogen (secondary N) is 2. The van der Waals surface area contributed by atoms with E-state index in [4.69, 9.17) is 0 Å². The van der Waals surface area contributed by atoms with Crippen molar-refractivity contribution in [2.75, 3.05) is 11.1 Å². The Bertz CT molecular complexity index is 1490. The Morgan fingerprint density at radius 1 is 1.12 bits per heavy atom. The first-order valence-electron chi connectivity index (χ1n) is 9.93. The zero-order valence-electron chi connectivity index (χ0n) is 17.3. The molecule has 0 bridgehead atoms. The molecule has 0 aliphatic rings.